The van der Waals surface area contributed by atoms with Crippen LogP contribution in [0.2, 0.25) is 0 Å². The van der Waals surface area contributed by atoms with Gasteiger partial charge in [0.2, 0.25) is 5.91 Å². The van der Waals surface area contributed by atoms with Crippen LogP contribution < -0.4 is 5.32 Å². The smallest absolute Gasteiger partial charge is 0.219 e. The van der Waals surface area contributed by atoms with E-state index in [-0.39, 0.29) is 11.0 Å². The first-order chi connectivity index (χ1) is 6.20. The number of carbonyl (C=O) groups excluding carboxylic acids is 2. The van der Waals surface area contributed by atoms with Crippen molar-refractivity contribution in [3.05, 3.63) is 0 Å². The summed E-state index contributed by atoms with van der Waals surface area (Å²) in [6.07, 6.45) is 2.03. The third kappa shape index (κ3) is 7.84. The second-order valence-corrected chi connectivity index (χ2v) is 3.83. The lowest BCUT2D eigenvalue weighted by molar-refractivity contribution is -0.120. The maximum Gasteiger partial charge on any atom is 0.219 e. The Morgan fingerprint density at radius 1 is 1.31 bits per heavy atom. The Morgan fingerprint density at radius 3 is 2.54 bits per heavy atom. The van der Waals surface area contributed by atoms with Crippen molar-refractivity contribution < 1.29 is 9.59 Å². The molecule has 0 aliphatic heterocycles. The fourth-order valence-corrected chi connectivity index (χ4v) is 1.54. The Morgan fingerprint density at radius 2 is 2.00 bits per heavy atom. The van der Waals surface area contributed by atoms with E-state index in [1.807, 2.05) is 13.8 Å². The summed E-state index contributed by atoms with van der Waals surface area (Å²) < 4.78 is 0. The zero-order chi connectivity index (χ0) is 10.1. The maximum absolute atomic E-state index is 11.0. The number of amides is 1. The molecule has 76 valence electrons. The second kappa shape index (κ2) is 8.10. The molecule has 0 rings (SSSR count). The zero-order valence-corrected chi connectivity index (χ0v) is 9.08. The van der Waals surface area contributed by atoms with Crippen molar-refractivity contribution in [3.63, 3.8) is 0 Å². The summed E-state index contributed by atoms with van der Waals surface area (Å²) in [7, 11) is 0. The fourth-order valence-electron chi connectivity index (χ4n) is 0.757. The minimum atomic E-state index is 0.0449. The second-order valence-electron chi connectivity index (χ2n) is 2.67. The molecule has 1 N–H and O–H groups in total. The van der Waals surface area contributed by atoms with Crippen molar-refractivity contribution in [1.29, 1.82) is 0 Å². The summed E-state index contributed by atoms with van der Waals surface area (Å²) in [6.45, 7) is 4.38. The van der Waals surface area contributed by atoms with Crippen molar-refractivity contribution in [1.82, 2.24) is 5.32 Å². The highest BCUT2D eigenvalue weighted by molar-refractivity contribution is 8.13. The first kappa shape index (κ1) is 12.5. The Hall–Kier alpha value is -0.510. The monoisotopic (exact) mass is 203 g/mol. The van der Waals surface area contributed by atoms with Gasteiger partial charge in [0, 0.05) is 25.1 Å². The van der Waals surface area contributed by atoms with E-state index in [1.54, 1.807) is 0 Å². The molecule has 0 bridgehead atoms. The molecule has 0 aromatic carbocycles. The van der Waals surface area contributed by atoms with Gasteiger partial charge in [0.15, 0.2) is 5.12 Å². The van der Waals surface area contributed by atoms with Gasteiger partial charge < -0.3 is 5.32 Å². The molecule has 0 radical (unpaired) electrons. The van der Waals surface area contributed by atoms with Crippen LogP contribution in [0.5, 0.6) is 0 Å². The average molecular weight is 203 g/mol. The van der Waals surface area contributed by atoms with Gasteiger partial charge in [-0.15, -0.1) is 0 Å². The normalized spacial score (nSPS) is 9.69. The molecule has 4 heteroatoms. The Kier molecular flexibility index (Phi) is 7.79. The Balaban J connectivity index is 3.25. The van der Waals surface area contributed by atoms with Gasteiger partial charge in [-0.05, 0) is 6.42 Å². The molecule has 0 atom stereocenters. The van der Waals surface area contributed by atoms with Crippen LogP contribution in [0.15, 0.2) is 0 Å². The van der Waals surface area contributed by atoms with Crippen LogP contribution >= 0.6 is 11.8 Å². The SMILES string of the molecule is CCCC(=O)SCCNC(=O)CC. The van der Waals surface area contributed by atoms with Crippen LogP contribution in [0, 0.1) is 0 Å². The molecule has 0 aromatic heterocycles. The van der Waals surface area contributed by atoms with Crippen molar-refractivity contribution >= 4 is 22.8 Å². The fraction of sp³-hybridized carbons (Fsp3) is 0.778. The Bertz CT molecular complexity index is 171. The summed E-state index contributed by atoms with van der Waals surface area (Å²) >= 11 is 1.30. The molecule has 0 unspecified atom stereocenters. The van der Waals surface area contributed by atoms with Crippen LogP contribution in [0.25, 0.3) is 0 Å². The quantitative estimate of drug-likeness (QED) is 0.667. The van der Waals surface area contributed by atoms with Gasteiger partial charge in [-0.2, -0.15) is 0 Å². The molecule has 0 fully saturated rings. The third-order valence-corrected chi connectivity index (χ3v) is 2.40. The van der Waals surface area contributed by atoms with Crippen LogP contribution in [0.3, 0.4) is 0 Å². The molecule has 0 saturated heterocycles. The van der Waals surface area contributed by atoms with E-state index in [0.717, 1.165) is 6.42 Å². The van der Waals surface area contributed by atoms with Crippen molar-refractivity contribution in [2.75, 3.05) is 12.3 Å². The average Bonchev–Trinajstić information content (AvgIpc) is 2.12. The molecule has 3 nitrogen and oxygen atoms in total. The molecule has 0 spiro atoms. The molecular weight excluding hydrogens is 186 g/mol. The number of nitrogens with one attached hydrogen (secondary N) is 1. The zero-order valence-electron chi connectivity index (χ0n) is 8.26. The minimum Gasteiger partial charge on any atom is -0.355 e. The van der Waals surface area contributed by atoms with E-state index < -0.39 is 0 Å². The first-order valence-electron chi connectivity index (χ1n) is 4.63. The van der Waals surface area contributed by atoms with Crippen LogP contribution in [-0.4, -0.2) is 23.3 Å². The maximum atomic E-state index is 11.0. The van der Waals surface area contributed by atoms with Gasteiger partial charge >= 0.3 is 0 Å². The summed E-state index contributed by atoms with van der Waals surface area (Å²) in [6, 6.07) is 0. The summed E-state index contributed by atoms with van der Waals surface area (Å²) in [5.74, 6) is 0.730. The predicted molar refractivity (Wildman–Crippen MR) is 55.7 cm³/mol. The molecule has 0 heterocycles. The standard InChI is InChI=1S/C9H17NO2S/c1-3-5-9(12)13-7-6-10-8(11)4-2/h3-7H2,1-2H3,(H,10,11). The number of hydrogen-bond acceptors (Lipinski definition) is 3. The largest absolute Gasteiger partial charge is 0.355 e. The van der Waals surface area contributed by atoms with Gasteiger partial charge in [0.05, 0.1) is 0 Å². The van der Waals surface area contributed by atoms with Gasteiger partial charge in [-0.3, -0.25) is 9.59 Å². The number of hydrogen-bond donors (Lipinski definition) is 1. The van der Waals surface area contributed by atoms with Crippen LogP contribution in [0.1, 0.15) is 33.1 Å². The molecular formula is C9H17NO2S. The van der Waals surface area contributed by atoms with Gasteiger partial charge in [-0.25, -0.2) is 0 Å². The predicted octanol–water partition coefficient (Wildman–Crippen LogP) is 1.57. The summed E-state index contributed by atoms with van der Waals surface area (Å²) in [5, 5.41) is 2.93. The molecule has 0 aliphatic carbocycles. The van der Waals surface area contributed by atoms with E-state index in [2.05, 4.69) is 5.32 Å². The van der Waals surface area contributed by atoms with E-state index in [9.17, 15) is 9.59 Å². The lowest BCUT2D eigenvalue weighted by Crippen LogP contribution is -2.24. The Labute approximate surface area is 83.7 Å². The number of rotatable bonds is 6. The lowest BCUT2D eigenvalue weighted by Gasteiger charge is -2.01. The van der Waals surface area contributed by atoms with E-state index in [0.29, 0.717) is 25.1 Å². The number of carbonyl (C=O) groups is 2. The lowest BCUT2D eigenvalue weighted by atomic mass is 10.4. The summed E-state index contributed by atoms with van der Waals surface area (Å²) in [5.41, 5.74) is 0. The highest BCUT2D eigenvalue weighted by Gasteiger charge is 2.01. The molecule has 0 aliphatic rings. The van der Waals surface area contributed by atoms with Crippen molar-refractivity contribution in [2.45, 2.75) is 33.1 Å². The van der Waals surface area contributed by atoms with Crippen molar-refractivity contribution in [3.8, 4) is 0 Å². The molecule has 0 saturated carbocycles. The highest BCUT2D eigenvalue weighted by Crippen LogP contribution is 2.05. The highest BCUT2D eigenvalue weighted by atomic mass is 32.2. The summed E-state index contributed by atoms with van der Waals surface area (Å²) in [4.78, 5) is 21.8. The molecule has 13 heavy (non-hydrogen) atoms. The third-order valence-electron chi connectivity index (χ3n) is 1.46. The van der Waals surface area contributed by atoms with Gasteiger partial charge in [0.1, 0.15) is 0 Å². The number of thioether (sulfide) groups is 1. The van der Waals surface area contributed by atoms with Gasteiger partial charge in [-0.1, -0.05) is 25.6 Å². The van der Waals surface area contributed by atoms with Gasteiger partial charge in [0.25, 0.3) is 0 Å². The van der Waals surface area contributed by atoms with Crippen LogP contribution in [0.4, 0.5) is 0 Å². The van der Waals surface area contributed by atoms with Crippen molar-refractivity contribution in [2.24, 2.45) is 0 Å². The first-order valence-corrected chi connectivity index (χ1v) is 5.61. The topological polar surface area (TPSA) is 46.2 Å². The van der Waals surface area contributed by atoms with E-state index >= 15 is 0 Å². The van der Waals surface area contributed by atoms with E-state index in [4.69, 9.17) is 0 Å². The molecule has 1 amide bonds. The van der Waals surface area contributed by atoms with E-state index in [1.165, 1.54) is 11.8 Å². The molecule has 0 aromatic rings. The minimum absolute atomic E-state index is 0.0449. The van der Waals surface area contributed by atoms with Crippen LogP contribution in [-0.2, 0) is 9.59 Å².